The van der Waals surface area contributed by atoms with Gasteiger partial charge in [0, 0.05) is 111 Å². The molecule has 15 rings (SSSR count). The van der Waals surface area contributed by atoms with Crippen LogP contribution in [0.5, 0.6) is 17.2 Å². The summed E-state index contributed by atoms with van der Waals surface area (Å²) in [4.78, 5) is 127. The van der Waals surface area contributed by atoms with Gasteiger partial charge in [0.1, 0.15) is 17.3 Å². The van der Waals surface area contributed by atoms with Crippen molar-refractivity contribution >= 4 is 70.9 Å². The molecule has 117 heavy (non-hydrogen) atoms. The van der Waals surface area contributed by atoms with Gasteiger partial charge < -0.3 is 85.4 Å². The molecule has 0 bridgehead atoms. The molecule has 10 N–H and O–H groups in total. The highest BCUT2D eigenvalue weighted by Gasteiger charge is 2.52. The number of halogens is 2. The smallest absolute Gasteiger partial charge is 0.323 e. The fourth-order valence-electron chi connectivity index (χ4n) is 15.3. The number of nitrogens with zero attached hydrogens (tertiary/aromatic N) is 10. The van der Waals surface area contributed by atoms with Crippen LogP contribution in [0.2, 0.25) is 0 Å². The molecule has 0 unspecified atom stereocenters. The number of methoxy groups -OCH3 is 3. The van der Waals surface area contributed by atoms with Gasteiger partial charge in [-0.15, -0.1) is 0 Å². The second-order valence-electron chi connectivity index (χ2n) is 29.3. The number of hydrogen-bond donors (Lipinski definition) is 10. The number of piperazine rings is 2. The van der Waals surface area contributed by atoms with Crippen molar-refractivity contribution in [1.29, 1.82) is 0 Å². The Hall–Kier alpha value is -13.6. The maximum Gasteiger partial charge on any atom is 0.323 e. The molecule has 0 radical (unpaired) electrons. The number of piperidine rings is 1. The number of rotatable bonds is 14. The number of hydrogen-bond acceptors (Lipinski definition) is 21. The van der Waals surface area contributed by atoms with E-state index in [-0.39, 0.29) is 84.8 Å². The van der Waals surface area contributed by atoms with Crippen LogP contribution in [0.15, 0.2) is 131 Å². The summed E-state index contributed by atoms with van der Waals surface area (Å²) in [6.07, 6.45) is 1.83. The SMILES string of the molecule is CCN1CCN(C(=NO)c2ccc(C#C[C@]3(CN4Cc5ccc(OC)cc5C4=O)NC(=O)NC3=O)cc2)CC1.COc1ccc2c(c1)C(=O)N(C[C@@]1(C#Cc3ccc(C(=NO)C4CCN(C)CC4)cc3)NC(=O)NC1=O)C2.COc1ccc2c(c1F)C(=O)N(C[C@@]1(C#Cc3ccc(/C(=N/O)N4CCNC[C@@H]4C)c(F)c3)NC(=O)NC1=O)C2. The first kappa shape index (κ1) is 81.4. The van der Waals surface area contributed by atoms with E-state index in [1.165, 1.54) is 54.2 Å². The summed E-state index contributed by atoms with van der Waals surface area (Å²) in [5.74, 6) is 14.2. The number of benzene rings is 6. The molecule has 6 aromatic carbocycles. The summed E-state index contributed by atoms with van der Waals surface area (Å²) in [5, 5.41) is 57.0. The number of amidine groups is 2. The van der Waals surface area contributed by atoms with Gasteiger partial charge in [0.25, 0.3) is 35.4 Å². The molecule has 9 aliphatic heterocycles. The van der Waals surface area contributed by atoms with Gasteiger partial charge in [0.05, 0.1) is 57.8 Å². The van der Waals surface area contributed by atoms with E-state index in [0.717, 1.165) is 87.0 Å². The van der Waals surface area contributed by atoms with Crippen LogP contribution in [-0.2, 0) is 34.0 Å². The van der Waals surface area contributed by atoms with Crippen molar-refractivity contribution in [3.8, 4) is 52.8 Å². The molecule has 0 aliphatic carbocycles. The number of amides is 12. The molecule has 6 aromatic rings. The van der Waals surface area contributed by atoms with E-state index in [1.54, 1.807) is 71.6 Å². The molecule has 9 heterocycles. The molecule has 12 amide bonds. The summed E-state index contributed by atoms with van der Waals surface area (Å²) >= 11 is 0. The van der Waals surface area contributed by atoms with Gasteiger partial charge in [0.2, 0.25) is 16.6 Å². The van der Waals surface area contributed by atoms with Crippen LogP contribution in [-0.4, -0.2) is 257 Å². The third-order valence-corrected chi connectivity index (χ3v) is 21.9. The summed E-state index contributed by atoms with van der Waals surface area (Å²) in [6, 6.07) is 29.7. The Kier molecular flexibility index (Phi) is 24.1. The molecule has 6 saturated heterocycles. The number of likely N-dealkylation sites (N-methyl/N-ethyl adjacent to an activating group) is 1. The molecular formula is C83H85F2N17O15. The number of fused-ring (bicyclic) bond motifs is 3. The minimum atomic E-state index is -1.86. The largest absolute Gasteiger partial charge is 0.497 e. The predicted molar refractivity (Wildman–Crippen MR) is 419 cm³/mol. The first-order valence-electron chi connectivity index (χ1n) is 37.7. The monoisotopic (exact) mass is 1600 g/mol. The summed E-state index contributed by atoms with van der Waals surface area (Å²) < 4.78 is 45.4. The molecule has 6 fully saturated rings. The van der Waals surface area contributed by atoms with Crippen LogP contribution < -0.4 is 51.4 Å². The first-order chi connectivity index (χ1) is 56.3. The maximum atomic E-state index is 15.2. The lowest BCUT2D eigenvalue weighted by Crippen LogP contribution is -2.54. The Morgan fingerprint density at radius 1 is 0.530 bits per heavy atom. The molecule has 606 valence electrons. The van der Waals surface area contributed by atoms with Crippen molar-refractivity contribution in [1.82, 2.24) is 71.5 Å². The zero-order valence-corrected chi connectivity index (χ0v) is 64.8. The first-order valence-corrected chi connectivity index (χ1v) is 37.7. The number of oxime groups is 3. The second kappa shape index (κ2) is 34.6. The van der Waals surface area contributed by atoms with Gasteiger partial charge in [-0.05, 0) is 154 Å². The van der Waals surface area contributed by atoms with Crippen LogP contribution in [0, 0.1) is 53.1 Å². The summed E-state index contributed by atoms with van der Waals surface area (Å²) in [6.45, 7) is 12.0. The molecule has 9 aliphatic rings. The van der Waals surface area contributed by atoms with Crippen molar-refractivity contribution in [3.05, 3.63) is 194 Å². The third-order valence-electron chi connectivity index (χ3n) is 21.9. The van der Waals surface area contributed by atoms with Crippen LogP contribution in [0.25, 0.3) is 0 Å². The average Bonchev–Trinajstić information content (AvgIpc) is 1.62. The Morgan fingerprint density at radius 2 is 1.00 bits per heavy atom. The van der Waals surface area contributed by atoms with E-state index in [2.05, 4.69) is 112 Å². The highest BCUT2D eigenvalue weighted by molar-refractivity contribution is 6.12. The van der Waals surface area contributed by atoms with Crippen molar-refractivity contribution in [2.75, 3.05) is 113 Å². The fourth-order valence-corrected chi connectivity index (χ4v) is 15.3. The highest BCUT2D eigenvalue weighted by Crippen LogP contribution is 2.35. The molecule has 0 aromatic heterocycles. The van der Waals surface area contributed by atoms with E-state index in [1.807, 2.05) is 36.1 Å². The van der Waals surface area contributed by atoms with Crippen LogP contribution in [0.3, 0.4) is 0 Å². The zero-order chi connectivity index (χ0) is 83.0. The van der Waals surface area contributed by atoms with E-state index >= 15 is 4.39 Å². The van der Waals surface area contributed by atoms with Crippen molar-refractivity contribution in [2.24, 2.45) is 21.4 Å². The number of urea groups is 3. The van der Waals surface area contributed by atoms with Gasteiger partial charge in [-0.1, -0.05) is 88.2 Å². The quantitative estimate of drug-likeness (QED) is 0.0185. The van der Waals surface area contributed by atoms with Gasteiger partial charge in [0.15, 0.2) is 23.2 Å². The van der Waals surface area contributed by atoms with Gasteiger partial charge >= 0.3 is 18.1 Å². The molecule has 0 spiro atoms. The van der Waals surface area contributed by atoms with Crippen molar-refractivity contribution in [2.45, 2.75) is 69.0 Å². The Bertz CT molecular complexity index is 5290. The van der Waals surface area contributed by atoms with Gasteiger partial charge in [-0.25, -0.2) is 23.2 Å². The molecule has 4 atom stereocenters. The van der Waals surface area contributed by atoms with E-state index in [0.29, 0.717) is 77.0 Å². The minimum Gasteiger partial charge on any atom is -0.497 e. The van der Waals surface area contributed by atoms with E-state index in [9.17, 15) is 63.2 Å². The lowest BCUT2D eigenvalue weighted by atomic mass is 9.88. The summed E-state index contributed by atoms with van der Waals surface area (Å²) in [5.41, 5.74) is 1.43. The zero-order valence-electron chi connectivity index (χ0n) is 64.8. The number of carbonyl (C=O) groups is 9. The average molecular weight is 1600 g/mol. The molecule has 34 heteroatoms. The van der Waals surface area contributed by atoms with Crippen molar-refractivity contribution in [3.63, 3.8) is 0 Å². The molecule has 32 nitrogen and oxygen atoms in total. The predicted octanol–water partition coefficient (Wildman–Crippen LogP) is 3.84. The second-order valence-corrected chi connectivity index (χ2v) is 29.3. The lowest BCUT2D eigenvalue weighted by molar-refractivity contribution is -0.123. The fraction of sp³-hybridized carbons (Fsp3) is 0.349. The number of imide groups is 3. The Balaban J connectivity index is 0.000000152. The van der Waals surface area contributed by atoms with E-state index < -0.39 is 70.0 Å². The maximum absolute atomic E-state index is 15.2. The number of likely N-dealkylation sites (tertiary alicyclic amines) is 1. The van der Waals surface area contributed by atoms with Crippen LogP contribution >= 0.6 is 0 Å². The highest BCUT2D eigenvalue weighted by atomic mass is 19.1. The van der Waals surface area contributed by atoms with E-state index in [4.69, 9.17) is 14.2 Å². The molecule has 0 saturated carbocycles. The number of nitrogens with one attached hydrogen (secondary N) is 7. The standard InChI is InChI=1S/C28H30N6O5.C28H29N5O5.C27H26F2N6O5/c1-3-32-12-14-33(15-13-32)24(31-38)20-6-4-19(5-7-20)10-11-28(26(36)29-27(37)30-28)18-34-17-21-8-9-22(39-2)16-23(21)25(34)35;1-32-13-10-20(11-14-32)24(31-37)19-5-3-18(4-6-19)9-12-28(26(35)29-27(36)30-28)17-33-16-21-7-8-22(38-2)15-23(21)25(33)34;1-15-12-30-9-10-35(15)23(33-39)18-5-3-16(11-19(18)28)7-8-27(25(37)31-26(38)32-27)14-34-13-17-4-6-20(40-2)22(29)21(17)24(34)36/h4-9,16,38H,3,12-15,17-18H2,1-2H3,(H2,29,30,36,37);3-8,15,20,37H,10-11,13-14,16-17H2,1-2H3,(H2,29,30,35,36);3-6,11,15,30,39H,9-10,12-14H2,1-2H3,(H2,31,32,37,38)/b;;33-23-/t2*28-;15-,27+/m110/s1. The number of ether oxygens (including phenoxy) is 3. The molecular weight excluding hydrogens is 1510 g/mol. The Morgan fingerprint density at radius 3 is 1.44 bits per heavy atom. The van der Waals surface area contributed by atoms with Crippen LogP contribution in [0.4, 0.5) is 23.2 Å². The van der Waals surface area contributed by atoms with Crippen molar-refractivity contribution < 1.29 is 81.8 Å². The lowest BCUT2D eigenvalue weighted by Gasteiger charge is -2.35. The van der Waals surface area contributed by atoms with Crippen LogP contribution in [0.1, 0.15) is 108 Å². The third kappa shape index (κ3) is 17.1. The topological polar surface area (TPSA) is 386 Å². The number of carbonyl (C=O) groups excluding carboxylic acids is 9. The van der Waals surface area contributed by atoms with Gasteiger partial charge in [-0.3, -0.25) is 44.7 Å². The normalized spacial score (nSPS) is 21.9. The Labute approximate surface area is 671 Å². The van der Waals surface area contributed by atoms with Gasteiger partial charge in [-0.2, -0.15) is 0 Å². The minimum absolute atomic E-state index is 0.0152. The summed E-state index contributed by atoms with van der Waals surface area (Å²) in [7, 11) is 6.41.